The van der Waals surface area contributed by atoms with Crippen molar-refractivity contribution in [2.75, 3.05) is 13.6 Å². The van der Waals surface area contributed by atoms with Crippen LogP contribution in [0.5, 0.6) is 0 Å². The van der Waals surface area contributed by atoms with E-state index in [2.05, 4.69) is 15.3 Å². The third-order valence-corrected chi connectivity index (χ3v) is 3.35. The fourth-order valence-electron chi connectivity index (χ4n) is 1.96. The quantitative estimate of drug-likeness (QED) is 0.856. The first-order valence-electron chi connectivity index (χ1n) is 6.91. The first kappa shape index (κ1) is 14.9. The highest BCUT2D eigenvalue weighted by molar-refractivity contribution is 6.00. The first-order valence-corrected chi connectivity index (χ1v) is 6.91. The topological polar surface area (TPSA) is 54.4 Å². The Balaban J connectivity index is 1.89. The molecule has 21 heavy (non-hydrogen) atoms. The Morgan fingerprint density at radius 1 is 1.10 bits per heavy atom. The van der Waals surface area contributed by atoms with E-state index in [1.807, 2.05) is 43.3 Å². The lowest BCUT2D eigenvalue weighted by atomic mass is 10.1. The number of aliphatic imine (C=N–C) groups is 1. The van der Waals surface area contributed by atoms with Crippen LogP contribution in [-0.2, 0) is 6.42 Å². The smallest absolute Gasteiger partial charge is 0.251 e. The van der Waals surface area contributed by atoms with Crippen LogP contribution in [-0.4, -0.2) is 30.2 Å². The van der Waals surface area contributed by atoms with E-state index >= 15 is 0 Å². The van der Waals surface area contributed by atoms with E-state index in [0.717, 1.165) is 23.3 Å². The molecule has 0 aliphatic rings. The summed E-state index contributed by atoms with van der Waals surface area (Å²) in [5, 5.41) is 2.92. The Kier molecular flexibility index (Phi) is 5.21. The van der Waals surface area contributed by atoms with Gasteiger partial charge in [0.25, 0.3) is 5.91 Å². The Morgan fingerprint density at radius 3 is 2.33 bits per heavy atom. The van der Waals surface area contributed by atoms with Crippen molar-refractivity contribution in [1.82, 2.24) is 10.3 Å². The second kappa shape index (κ2) is 7.33. The van der Waals surface area contributed by atoms with Crippen LogP contribution in [0.4, 0.5) is 0 Å². The predicted octanol–water partition coefficient (Wildman–Crippen LogP) is 2.49. The number of rotatable bonds is 5. The van der Waals surface area contributed by atoms with Crippen molar-refractivity contribution in [2.45, 2.75) is 13.3 Å². The van der Waals surface area contributed by atoms with Gasteiger partial charge >= 0.3 is 0 Å². The number of amides is 1. The number of aromatic nitrogens is 1. The van der Waals surface area contributed by atoms with Gasteiger partial charge in [0.15, 0.2) is 0 Å². The summed E-state index contributed by atoms with van der Waals surface area (Å²) >= 11 is 0. The zero-order valence-electron chi connectivity index (χ0n) is 12.3. The molecule has 0 aliphatic heterocycles. The van der Waals surface area contributed by atoms with Crippen LogP contribution in [0.25, 0.3) is 0 Å². The normalized spacial score (nSPS) is 11.2. The highest BCUT2D eigenvalue weighted by Crippen LogP contribution is 2.06. The summed E-state index contributed by atoms with van der Waals surface area (Å²) < 4.78 is 0. The van der Waals surface area contributed by atoms with Crippen molar-refractivity contribution >= 4 is 11.6 Å². The van der Waals surface area contributed by atoms with Crippen LogP contribution >= 0.6 is 0 Å². The molecule has 0 fully saturated rings. The molecule has 0 atom stereocenters. The fraction of sp³-hybridized carbons (Fsp3) is 0.235. The molecule has 0 bridgehead atoms. The van der Waals surface area contributed by atoms with Gasteiger partial charge in [-0.25, -0.2) is 0 Å². The standard InChI is InChI=1S/C17H19N3O/c1-13(18-2)15-3-5-16(6-4-15)17(21)20-12-9-14-7-10-19-11-8-14/h3-8,10-11H,9,12H2,1-2H3,(H,20,21). The monoisotopic (exact) mass is 281 g/mol. The molecule has 4 nitrogen and oxygen atoms in total. The highest BCUT2D eigenvalue weighted by atomic mass is 16.1. The van der Waals surface area contributed by atoms with E-state index in [4.69, 9.17) is 0 Å². The molecule has 0 spiro atoms. The summed E-state index contributed by atoms with van der Waals surface area (Å²) in [6.45, 7) is 2.56. The molecular formula is C17H19N3O. The summed E-state index contributed by atoms with van der Waals surface area (Å²) in [7, 11) is 1.76. The second-order valence-corrected chi connectivity index (χ2v) is 4.75. The van der Waals surface area contributed by atoms with Gasteiger partial charge in [-0.05, 0) is 48.7 Å². The molecule has 4 heteroatoms. The zero-order valence-corrected chi connectivity index (χ0v) is 12.3. The van der Waals surface area contributed by atoms with Gasteiger partial charge in [-0.15, -0.1) is 0 Å². The third kappa shape index (κ3) is 4.24. The molecule has 0 unspecified atom stereocenters. The lowest BCUT2D eigenvalue weighted by molar-refractivity contribution is 0.0954. The molecule has 2 aromatic rings. The average Bonchev–Trinajstić information content (AvgIpc) is 2.55. The minimum absolute atomic E-state index is 0.0540. The van der Waals surface area contributed by atoms with Crippen LogP contribution in [0.15, 0.2) is 53.8 Å². The maximum Gasteiger partial charge on any atom is 0.251 e. The lowest BCUT2D eigenvalue weighted by Gasteiger charge is -2.06. The van der Waals surface area contributed by atoms with Crippen molar-refractivity contribution in [1.29, 1.82) is 0 Å². The van der Waals surface area contributed by atoms with Gasteiger partial charge in [-0.3, -0.25) is 14.8 Å². The van der Waals surface area contributed by atoms with Crippen molar-refractivity contribution < 1.29 is 4.79 Å². The van der Waals surface area contributed by atoms with Gasteiger partial charge in [0.05, 0.1) is 0 Å². The molecule has 1 heterocycles. The van der Waals surface area contributed by atoms with E-state index in [1.54, 1.807) is 19.4 Å². The van der Waals surface area contributed by atoms with Gasteiger partial charge in [0, 0.05) is 37.3 Å². The van der Waals surface area contributed by atoms with Crippen LogP contribution in [0.3, 0.4) is 0 Å². The first-order chi connectivity index (χ1) is 10.2. The molecule has 0 saturated heterocycles. The fourth-order valence-corrected chi connectivity index (χ4v) is 1.96. The Morgan fingerprint density at radius 2 is 1.71 bits per heavy atom. The zero-order chi connectivity index (χ0) is 15.1. The number of benzene rings is 1. The maximum atomic E-state index is 12.0. The van der Waals surface area contributed by atoms with E-state index in [1.165, 1.54) is 0 Å². The number of nitrogens with zero attached hydrogens (tertiary/aromatic N) is 2. The predicted molar refractivity (Wildman–Crippen MR) is 84.9 cm³/mol. The average molecular weight is 281 g/mol. The van der Waals surface area contributed by atoms with E-state index in [-0.39, 0.29) is 5.91 Å². The van der Waals surface area contributed by atoms with E-state index < -0.39 is 0 Å². The Hall–Kier alpha value is -2.49. The van der Waals surface area contributed by atoms with E-state index in [9.17, 15) is 4.79 Å². The summed E-state index contributed by atoms with van der Waals surface area (Å²) in [4.78, 5) is 20.1. The largest absolute Gasteiger partial charge is 0.352 e. The summed E-state index contributed by atoms with van der Waals surface area (Å²) in [5.41, 5.74) is 3.82. The molecule has 1 N–H and O–H groups in total. The summed E-state index contributed by atoms with van der Waals surface area (Å²) in [5.74, 6) is -0.0540. The van der Waals surface area contributed by atoms with Crippen molar-refractivity contribution in [3.8, 4) is 0 Å². The van der Waals surface area contributed by atoms with Crippen molar-refractivity contribution in [3.63, 3.8) is 0 Å². The number of carbonyl (C=O) groups excluding carboxylic acids is 1. The van der Waals surface area contributed by atoms with Gasteiger partial charge < -0.3 is 5.32 Å². The van der Waals surface area contributed by atoms with E-state index in [0.29, 0.717) is 12.1 Å². The van der Waals surface area contributed by atoms with Gasteiger partial charge in [0.2, 0.25) is 0 Å². The summed E-state index contributed by atoms with van der Waals surface area (Å²) in [6.07, 6.45) is 4.31. The van der Waals surface area contributed by atoms with Crippen LogP contribution in [0.1, 0.15) is 28.4 Å². The number of hydrogen-bond acceptors (Lipinski definition) is 3. The minimum Gasteiger partial charge on any atom is -0.352 e. The molecule has 0 aliphatic carbocycles. The molecule has 0 radical (unpaired) electrons. The molecule has 1 amide bonds. The molecule has 0 saturated carbocycles. The highest BCUT2D eigenvalue weighted by Gasteiger charge is 2.05. The number of carbonyl (C=O) groups is 1. The SMILES string of the molecule is CN=C(C)c1ccc(C(=O)NCCc2ccncc2)cc1. The molecule has 1 aromatic carbocycles. The van der Waals surface area contributed by atoms with Crippen molar-refractivity contribution in [3.05, 3.63) is 65.5 Å². The summed E-state index contributed by atoms with van der Waals surface area (Å²) in [6, 6.07) is 11.4. The second-order valence-electron chi connectivity index (χ2n) is 4.75. The maximum absolute atomic E-state index is 12.0. The van der Waals surface area contributed by atoms with Gasteiger partial charge in [-0.1, -0.05) is 12.1 Å². The van der Waals surface area contributed by atoms with Crippen molar-refractivity contribution in [2.24, 2.45) is 4.99 Å². The molecule has 2 rings (SSSR count). The molecule has 1 aromatic heterocycles. The van der Waals surface area contributed by atoms with Gasteiger partial charge in [-0.2, -0.15) is 0 Å². The molecule has 108 valence electrons. The van der Waals surface area contributed by atoms with Crippen LogP contribution in [0.2, 0.25) is 0 Å². The minimum atomic E-state index is -0.0540. The van der Waals surface area contributed by atoms with Crippen LogP contribution in [0, 0.1) is 0 Å². The molecular weight excluding hydrogens is 262 g/mol. The van der Waals surface area contributed by atoms with Crippen LogP contribution < -0.4 is 5.32 Å². The lowest BCUT2D eigenvalue weighted by Crippen LogP contribution is -2.25. The third-order valence-electron chi connectivity index (χ3n) is 3.35. The number of nitrogens with one attached hydrogen (secondary N) is 1. The Labute approximate surface area is 125 Å². The van der Waals surface area contributed by atoms with Gasteiger partial charge in [0.1, 0.15) is 0 Å². The Bertz CT molecular complexity index is 618. The number of hydrogen-bond donors (Lipinski definition) is 1. The number of pyridine rings is 1.